The maximum atomic E-state index is 12.4. The van der Waals surface area contributed by atoms with Gasteiger partial charge < -0.3 is 14.6 Å². The van der Waals surface area contributed by atoms with Gasteiger partial charge in [-0.25, -0.2) is 9.50 Å². The molecular formula is C21H22N6O2. The fraction of sp³-hybridized carbons (Fsp3) is 0.333. The number of carbonyl (C=O) groups excluding carboxylic acids is 1. The van der Waals surface area contributed by atoms with Crippen molar-refractivity contribution in [1.29, 1.82) is 0 Å². The Kier molecular flexibility index (Phi) is 4.38. The van der Waals surface area contributed by atoms with E-state index in [4.69, 9.17) is 4.42 Å². The summed E-state index contributed by atoms with van der Waals surface area (Å²) in [6.45, 7) is 4.42. The summed E-state index contributed by atoms with van der Waals surface area (Å²) in [5.41, 5.74) is 3.95. The van der Waals surface area contributed by atoms with Gasteiger partial charge >= 0.3 is 0 Å². The van der Waals surface area contributed by atoms with Crippen LogP contribution in [0.15, 0.2) is 47.1 Å². The van der Waals surface area contributed by atoms with E-state index < -0.39 is 0 Å². The van der Waals surface area contributed by atoms with Crippen LogP contribution in [0.5, 0.6) is 0 Å². The Morgan fingerprint density at radius 2 is 2.14 bits per heavy atom. The third kappa shape index (κ3) is 3.53. The highest BCUT2D eigenvalue weighted by Crippen LogP contribution is 2.26. The average Bonchev–Trinajstić information content (AvgIpc) is 3.36. The maximum absolute atomic E-state index is 12.4. The highest BCUT2D eigenvalue weighted by atomic mass is 16.4. The van der Waals surface area contributed by atoms with E-state index in [1.54, 1.807) is 29.0 Å². The topological polar surface area (TPSA) is 88.6 Å². The van der Waals surface area contributed by atoms with E-state index in [2.05, 4.69) is 32.2 Å². The molecule has 29 heavy (non-hydrogen) atoms. The molecule has 1 aromatic carbocycles. The third-order valence-corrected chi connectivity index (χ3v) is 5.44. The lowest BCUT2D eigenvalue weighted by atomic mass is 9.97. The third-order valence-electron chi connectivity index (χ3n) is 5.44. The zero-order chi connectivity index (χ0) is 19.8. The molecule has 0 aliphatic carbocycles. The van der Waals surface area contributed by atoms with Crippen molar-refractivity contribution in [2.24, 2.45) is 5.92 Å². The molecule has 0 bridgehead atoms. The maximum Gasteiger partial charge on any atom is 0.298 e. The Hall–Kier alpha value is -3.42. The van der Waals surface area contributed by atoms with Crippen molar-refractivity contribution >= 4 is 28.7 Å². The zero-order valence-electron chi connectivity index (χ0n) is 16.2. The minimum Gasteiger partial charge on any atom is -0.423 e. The SMILES string of the molecule is Cc1ccc2oc(N3CCC(CNC(=O)c4cc5ncccn5n4)CC3)nc2c1. The van der Waals surface area contributed by atoms with Gasteiger partial charge in [0.2, 0.25) is 0 Å². The smallest absolute Gasteiger partial charge is 0.298 e. The molecule has 0 unspecified atom stereocenters. The molecule has 1 amide bonds. The molecule has 8 nitrogen and oxygen atoms in total. The fourth-order valence-corrected chi connectivity index (χ4v) is 3.76. The van der Waals surface area contributed by atoms with Gasteiger partial charge in [-0.1, -0.05) is 6.07 Å². The molecule has 0 radical (unpaired) electrons. The van der Waals surface area contributed by atoms with Gasteiger partial charge in [0.15, 0.2) is 16.9 Å². The summed E-state index contributed by atoms with van der Waals surface area (Å²) in [5.74, 6) is 0.268. The van der Waals surface area contributed by atoms with Gasteiger partial charge in [0.25, 0.3) is 11.9 Å². The Morgan fingerprint density at radius 3 is 2.97 bits per heavy atom. The minimum absolute atomic E-state index is 0.160. The number of fused-ring (bicyclic) bond motifs is 2. The molecular weight excluding hydrogens is 368 g/mol. The molecule has 1 aliphatic rings. The molecule has 4 heterocycles. The number of piperidine rings is 1. The normalized spacial score (nSPS) is 15.3. The number of nitrogens with one attached hydrogen (secondary N) is 1. The van der Waals surface area contributed by atoms with Crippen LogP contribution in [0.2, 0.25) is 0 Å². The number of amides is 1. The second-order valence-corrected chi connectivity index (χ2v) is 7.56. The largest absolute Gasteiger partial charge is 0.423 e. The molecule has 4 aromatic rings. The Balaban J connectivity index is 1.17. The van der Waals surface area contributed by atoms with Crippen LogP contribution in [-0.4, -0.2) is 45.1 Å². The Bertz CT molecular complexity index is 1140. The quantitative estimate of drug-likeness (QED) is 0.576. The second kappa shape index (κ2) is 7.20. The summed E-state index contributed by atoms with van der Waals surface area (Å²) in [6, 6.07) is 10.2. The number of benzene rings is 1. The van der Waals surface area contributed by atoms with E-state index in [0.29, 0.717) is 29.8 Å². The van der Waals surface area contributed by atoms with Crippen LogP contribution in [0.1, 0.15) is 28.9 Å². The first-order chi connectivity index (χ1) is 14.2. The van der Waals surface area contributed by atoms with Gasteiger partial charge in [-0.2, -0.15) is 10.1 Å². The van der Waals surface area contributed by atoms with Crippen LogP contribution in [0, 0.1) is 12.8 Å². The molecule has 1 saturated heterocycles. The number of oxazole rings is 1. The van der Waals surface area contributed by atoms with Crippen LogP contribution in [0.3, 0.4) is 0 Å². The summed E-state index contributed by atoms with van der Waals surface area (Å²) >= 11 is 0. The molecule has 1 N–H and O–H groups in total. The van der Waals surface area contributed by atoms with Crippen LogP contribution in [0.4, 0.5) is 6.01 Å². The van der Waals surface area contributed by atoms with Crippen molar-refractivity contribution in [3.8, 4) is 0 Å². The number of rotatable bonds is 4. The molecule has 148 valence electrons. The standard InChI is InChI=1S/C21H22N6O2/c1-14-3-4-18-16(11-14)24-21(29-18)26-9-5-15(6-10-26)13-23-20(28)17-12-19-22-7-2-8-27(19)25-17/h2-4,7-8,11-12,15H,5-6,9-10,13H2,1H3,(H,23,28). The Labute approximate surface area is 167 Å². The molecule has 8 heteroatoms. The van der Waals surface area contributed by atoms with Gasteiger partial charge in [0.1, 0.15) is 5.52 Å². The van der Waals surface area contributed by atoms with Gasteiger partial charge in [-0.3, -0.25) is 4.79 Å². The van der Waals surface area contributed by atoms with Crippen molar-refractivity contribution in [3.63, 3.8) is 0 Å². The lowest BCUT2D eigenvalue weighted by Crippen LogP contribution is -2.38. The molecule has 5 rings (SSSR count). The number of nitrogens with zero attached hydrogens (tertiary/aromatic N) is 5. The van der Waals surface area contributed by atoms with Gasteiger partial charge in [-0.15, -0.1) is 0 Å². The molecule has 1 aliphatic heterocycles. The number of aryl methyl sites for hydroxylation is 1. The predicted octanol–water partition coefficient (Wildman–Crippen LogP) is 2.83. The van der Waals surface area contributed by atoms with Crippen LogP contribution in [0.25, 0.3) is 16.7 Å². The van der Waals surface area contributed by atoms with Crippen LogP contribution in [-0.2, 0) is 0 Å². The zero-order valence-corrected chi connectivity index (χ0v) is 16.2. The summed E-state index contributed by atoms with van der Waals surface area (Å²) in [4.78, 5) is 23.4. The van der Waals surface area contributed by atoms with Crippen molar-refractivity contribution in [3.05, 3.63) is 54.0 Å². The number of anilines is 1. The molecule has 3 aromatic heterocycles. The predicted molar refractivity (Wildman–Crippen MR) is 109 cm³/mol. The Morgan fingerprint density at radius 1 is 1.28 bits per heavy atom. The average molecular weight is 390 g/mol. The van der Waals surface area contributed by atoms with Crippen molar-refractivity contribution in [2.75, 3.05) is 24.5 Å². The van der Waals surface area contributed by atoms with Crippen LogP contribution >= 0.6 is 0 Å². The van der Waals surface area contributed by atoms with E-state index in [9.17, 15) is 4.79 Å². The van der Waals surface area contributed by atoms with E-state index in [0.717, 1.165) is 37.0 Å². The lowest BCUT2D eigenvalue weighted by Gasteiger charge is -2.30. The monoisotopic (exact) mass is 390 g/mol. The van der Waals surface area contributed by atoms with Gasteiger partial charge in [-0.05, 0) is 49.4 Å². The first-order valence-electron chi connectivity index (χ1n) is 9.86. The molecule has 1 fully saturated rings. The van der Waals surface area contributed by atoms with Crippen molar-refractivity contribution in [1.82, 2.24) is 24.9 Å². The summed E-state index contributed by atoms with van der Waals surface area (Å²) in [6.07, 6.45) is 5.42. The van der Waals surface area contributed by atoms with Crippen molar-refractivity contribution in [2.45, 2.75) is 19.8 Å². The summed E-state index contributed by atoms with van der Waals surface area (Å²) < 4.78 is 7.52. The van der Waals surface area contributed by atoms with E-state index in [1.807, 2.05) is 18.2 Å². The van der Waals surface area contributed by atoms with E-state index in [-0.39, 0.29) is 5.91 Å². The molecule has 0 atom stereocenters. The number of hydrogen-bond donors (Lipinski definition) is 1. The summed E-state index contributed by atoms with van der Waals surface area (Å²) in [5, 5.41) is 7.28. The van der Waals surface area contributed by atoms with Gasteiger partial charge in [0, 0.05) is 38.1 Å². The number of aromatic nitrogens is 4. The summed E-state index contributed by atoms with van der Waals surface area (Å²) in [7, 11) is 0. The number of hydrogen-bond acceptors (Lipinski definition) is 6. The van der Waals surface area contributed by atoms with E-state index in [1.165, 1.54) is 5.56 Å². The number of carbonyl (C=O) groups is 1. The minimum atomic E-state index is -0.160. The van der Waals surface area contributed by atoms with Crippen molar-refractivity contribution < 1.29 is 9.21 Å². The van der Waals surface area contributed by atoms with Crippen LogP contribution < -0.4 is 10.2 Å². The first kappa shape index (κ1) is 17.7. The first-order valence-corrected chi connectivity index (χ1v) is 9.86. The highest BCUT2D eigenvalue weighted by Gasteiger charge is 2.23. The van der Waals surface area contributed by atoms with Gasteiger partial charge in [0.05, 0.1) is 0 Å². The highest BCUT2D eigenvalue weighted by molar-refractivity contribution is 5.93. The van der Waals surface area contributed by atoms with E-state index >= 15 is 0 Å². The fourth-order valence-electron chi connectivity index (χ4n) is 3.76. The second-order valence-electron chi connectivity index (χ2n) is 7.56. The molecule has 0 spiro atoms. The lowest BCUT2D eigenvalue weighted by molar-refractivity contribution is 0.0939. The molecule has 0 saturated carbocycles.